The number of carbonyl (C=O) groups excluding carboxylic acids is 1. The third kappa shape index (κ3) is 4.87. The Morgan fingerprint density at radius 1 is 1.17 bits per heavy atom. The largest absolute Gasteiger partial charge is 0.398 e. The lowest BCUT2D eigenvalue weighted by Gasteiger charge is -2.40. The van der Waals surface area contributed by atoms with Crippen molar-refractivity contribution < 1.29 is 22.0 Å². The third-order valence-electron chi connectivity index (χ3n) is 7.14. The van der Waals surface area contributed by atoms with Crippen molar-refractivity contribution in [2.75, 3.05) is 36.5 Å². The molecule has 1 aromatic carbocycles. The Hall–Kier alpha value is -4.72. The minimum Gasteiger partial charge on any atom is -0.398 e. The number of fused-ring (bicyclic) bond motifs is 1. The van der Waals surface area contributed by atoms with Crippen LogP contribution in [0.15, 0.2) is 59.0 Å². The fourth-order valence-corrected chi connectivity index (χ4v) is 6.02. The highest BCUT2D eigenvalue weighted by Crippen LogP contribution is 2.35. The molecule has 0 bridgehead atoms. The van der Waals surface area contributed by atoms with Crippen molar-refractivity contribution in [3.05, 3.63) is 76.9 Å². The summed E-state index contributed by atoms with van der Waals surface area (Å²) in [6, 6.07) is 6.06. The average molecular weight is 596 g/mol. The zero-order valence-electron chi connectivity index (χ0n) is 23.0. The van der Waals surface area contributed by atoms with E-state index in [0.717, 1.165) is 23.0 Å². The van der Waals surface area contributed by atoms with Gasteiger partial charge in [0.15, 0.2) is 26.3 Å². The molecule has 1 aliphatic rings. The molecule has 0 saturated carbocycles. The molecule has 2 N–H and O–H groups in total. The van der Waals surface area contributed by atoms with Crippen molar-refractivity contribution in [2.45, 2.75) is 24.9 Å². The first-order chi connectivity index (χ1) is 19.8. The maximum Gasteiger partial charge on any atom is 0.355 e. The van der Waals surface area contributed by atoms with Crippen LogP contribution in [0.25, 0.3) is 28.0 Å². The summed E-state index contributed by atoms with van der Waals surface area (Å²) in [4.78, 5) is 42.0. The number of carbonyl (C=O) groups is 1. The van der Waals surface area contributed by atoms with Crippen molar-refractivity contribution in [2.24, 2.45) is 0 Å². The number of nitrogens with two attached hydrogens (primary N) is 1. The molecule has 1 atom stereocenters. The lowest BCUT2D eigenvalue weighted by molar-refractivity contribution is -0.126. The molecule has 11 nitrogen and oxygen atoms in total. The Balaban J connectivity index is 1.86. The minimum atomic E-state index is -3.97. The van der Waals surface area contributed by atoms with Gasteiger partial charge in [-0.1, -0.05) is 12.6 Å². The van der Waals surface area contributed by atoms with Crippen LogP contribution in [0.2, 0.25) is 0 Å². The van der Waals surface area contributed by atoms with Crippen LogP contribution in [0.1, 0.15) is 12.5 Å². The van der Waals surface area contributed by atoms with Gasteiger partial charge in [-0.15, -0.1) is 0 Å². The van der Waals surface area contributed by atoms with E-state index in [1.807, 2.05) is 6.92 Å². The van der Waals surface area contributed by atoms with E-state index in [2.05, 4.69) is 21.5 Å². The van der Waals surface area contributed by atoms with E-state index in [-0.39, 0.29) is 65.4 Å². The minimum absolute atomic E-state index is 0.0591. The number of amides is 1. The number of hydrogen-bond acceptors (Lipinski definition) is 9. The molecule has 3 aromatic heterocycles. The number of piperazine rings is 1. The van der Waals surface area contributed by atoms with Crippen LogP contribution in [-0.4, -0.2) is 70.7 Å². The Bertz CT molecular complexity index is 1930. The highest BCUT2D eigenvalue weighted by molar-refractivity contribution is 7.90. The summed E-state index contributed by atoms with van der Waals surface area (Å²) in [6.07, 6.45) is 3.44. The lowest BCUT2D eigenvalue weighted by atomic mass is 10.1. The average Bonchev–Trinajstić information content (AvgIpc) is 2.92. The maximum atomic E-state index is 15.8. The summed E-state index contributed by atoms with van der Waals surface area (Å²) in [5.41, 5.74) is 4.27. The third-order valence-corrected chi connectivity index (χ3v) is 8.14. The van der Waals surface area contributed by atoms with Crippen molar-refractivity contribution in [1.82, 2.24) is 24.4 Å². The van der Waals surface area contributed by atoms with E-state index in [9.17, 15) is 22.4 Å². The van der Waals surface area contributed by atoms with Crippen molar-refractivity contribution in [3.8, 4) is 16.9 Å². The van der Waals surface area contributed by atoms with Gasteiger partial charge in [-0.05, 0) is 49.8 Å². The van der Waals surface area contributed by atoms with Gasteiger partial charge in [0.1, 0.15) is 17.3 Å². The van der Waals surface area contributed by atoms with Crippen LogP contribution in [0.3, 0.4) is 0 Å². The first kappa shape index (κ1) is 28.8. The molecule has 0 aliphatic carbocycles. The predicted molar refractivity (Wildman–Crippen MR) is 154 cm³/mol. The molecule has 5 rings (SSSR count). The number of nitrogen functional groups attached to an aromatic ring is 1. The molecule has 4 heterocycles. The molecule has 1 saturated heterocycles. The van der Waals surface area contributed by atoms with Gasteiger partial charge in [-0.3, -0.25) is 4.79 Å². The van der Waals surface area contributed by atoms with Crippen LogP contribution in [0.5, 0.6) is 0 Å². The Morgan fingerprint density at radius 3 is 2.55 bits per heavy atom. The second-order valence-corrected chi connectivity index (χ2v) is 12.0. The molecule has 218 valence electrons. The van der Waals surface area contributed by atoms with Gasteiger partial charge < -0.3 is 15.5 Å². The van der Waals surface area contributed by atoms with Gasteiger partial charge in [0.25, 0.3) is 0 Å². The fourth-order valence-electron chi connectivity index (χ4n) is 5.16. The van der Waals surface area contributed by atoms with Crippen LogP contribution >= 0.6 is 0 Å². The summed E-state index contributed by atoms with van der Waals surface area (Å²) >= 11 is 0. The molecule has 1 amide bonds. The van der Waals surface area contributed by atoms with Crippen LogP contribution < -0.4 is 16.3 Å². The number of aryl methyl sites for hydroxylation is 1. The van der Waals surface area contributed by atoms with Crippen molar-refractivity contribution in [3.63, 3.8) is 0 Å². The Morgan fingerprint density at radius 2 is 1.90 bits per heavy atom. The SMILES string of the molecule is C=CC(=O)N1CCN(c2nc(=O)n(-c3c(C)ccnc3S(C)(=O)=O)c3nc(-c4c(N)cccc4F)c(F)cc23)[C@@H](C)C1. The molecular weight excluding hydrogens is 568 g/mol. The van der Waals surface area contributed by atoms with Gasteiger partial charge in [-0.2, -0.15) is 4.98 Å². The second-order valence-electron chi connectivity index (χ2n) is 10.0. The molecule has 0 spiro atoms. The molecule has 0 unspecified atom stereocenters. The zero-order valence-corrected chi connectivity index (χ0v) is 23.8. The predicted octanol–water partition coefficient (Wildman–Crippen LogP) is 2.64. The first-order valence-electron chi connectivity index (χ1n) is 12.8. The lowest BCUT2D eigenvalue weighted by Crippen LogP contribution is -2.54. The van der Waals surface area contributed by atoms with E-state index in [0.29, 0.717) is 5.56 Å². The number of anilines is 2. The molecule has 14 heteroatoms. The van der Waals surface area contributed by atoms with Gasteiger partial charge in [0.2, 0.25) is 5.91 Å². The number of sulfone groups is 1. The normalized spacial score (nSPS) is 15.7. The Labute approximate surface area is 239 Å². The second kappa shape index (κ2) is 10.6. The smallest absolute Gasteiger partial charge is 0.355 e. The molecule has 42 heavy (non-hydrogen) atoms. The van der Waals surface area contributed by atoms with Crippen LogP contribution in [0, 0.1) is 18.6 Å². The number of pyridine rings is 2. The molecular formula is C28H27F2N7O4S. The summed E-state index contributed by atoms with van der Waals surface area (Å²) < 4.78 is 57.2. The zero-order chi connectivity index (χ0) is 30.5. The summed E-state index contributed by atoms with van der Waals surface area (Å²) in [6.45, 7) is 7.71. The summed E-state index contributed by atoms with van der Waals surface area (Å²) in [7, 11) is -3.97. The van der Waals surface area contributed by atoms with E-state index >= 15 is 4.39 Å². The van der Waals surface area contributed by atoms with Gasteiger partial charge in [-0.25, -0.2) is 36.5 Å². The summed E-state index contributed by atoms with van der Waals surface area (Å²) in [5, 5.41) is -0.354. The number of benzene rings is 1. The highest BCUT2D eigenvalue weighted by Gasteiger charge is 2.31. The van der Waals surface area contributed by atoms with Crippen LogP contribution in [0.4, 0.5) is 20.3 Å². The highest BCUT2D eigenvalue weighted by atomic mass is 32.2. The number of rotatable bonds is 5. The molecule has 1 aliphatic heterocycles. The number of aromatic nitrogens is 4. The van der Waals surface area contributed by atoms with E-state index in [4.69, 9.17) is 5.73 Å². The fraction of sp³-hybridized carbons (Fsp3) is 0.250. The van der Waals surface area contributed by atoms with E-state index in [1.165, 1.54) is 30.5 Å². The molecule has 0 radical (unpaired) electrons. The topological polar surface area (TPSA) is 144 Å². The van der Waals surface area contributed by atoms with Crippen LogP contribution in [-0.2, 0) is 14.6 Å². The van der Waals surface area contributed by atoms with Crippen molar-refractivity contribution in [1.29, 1.82) is 0 Å². The first-order valence-corrected chi connectivity index (χ1v) is 14.7. The number of halogens is 2. The number of nitrogens with zero attached hydrogens (tertiary/aromatic N) is 6. The van der Waals surface area contributed by atoms with Crippen molar-refractivity contribution >= 4 is 38.3 Å². The van der Waals surface area contributed by atoms with Gasteiger partial charge >= 0.3 is 5.69 Å². The molecule has 1 fully saturated rings. The summed E-state index contributed by atoms with van der Waals surface area (Å²) in [5.74, 6) is -1.96. The quantitative estimate of drug-likeness (QED) is 0.272. The number of hydrogen-bond donors (Lipinski definition) is 1. The van der Waals surface area contributed by atoms with Gasteiger partial charge in [0, 0.05) is 43.8 Å². The van der Waals surface area contributed by atoms with E-state index in [1.54, 1.807) is 16.7 Å². The molecule has 4 aromatic rings. The van der Waals surface area contributed by atoms with E-state index < -0.39 is 37.9 Å². The standard InChI is InChI=1S/C28H27F2N7O4S/c1-5-21(38)35-11-12-36(16(3)14-35)25-17-13-19(30)23(22-18(29)7-6-8-20(22)31)33-26(17)37(28(39)34-25)24-15(2)9-10-32-27(24)42(4,40)41/h5-10,13,16H,1,11-12,14,31H2,2-4H3/t16-/m0/s1. The Kier molecular flexibility index (Phi) is 7.27. The monoisotopic (exact) mass is 595 g/mol. The maximum absolute atomic E-state index is 15.8. The van der Waals surface area contributed by atoms with Gasteiger partial charge in [0.05, 0.1) is 16.6 Å².